The van der Waals surface area contributed by atoms with Crippen LogP contribution in [0.5, 0.6) is 5.75 Å². The highest BCUT2D eigenvalue weighted by molar-refractivity contribution is 5.33. The van der Waals surface area contributed by atoms with E-state index >= 15 is 0 Å². The number of hydrogen-bond donors (Lipinski definition) is 2. The van der Waals surface area contributed by atoms with Gasteiger partial charge in [-0.2, -0.15) is 0 Å². The van der Waals surface area contributed by atoms with Gasteiger partial charge in [0.25, 0.3) is 0 Å². The summed E-state index contributed by atoms with van der Waals surface area (Å²) in [5.74, 6) is 1.76. The normalized spacial score (nSPS) is 18.3. The van der Waals surface area contributed by atoms with Gasteiger partial charge in [0.2, 0.25) is 0 Å². The lowest BCUT2D eigenvalue weighted by Crippen LogP contribution is -2.41. The van der Waals surface area contributed by atoms with Crippen molar-refractivity contribution >= 4 is 0 Å². The summed E-state index contributed by atoms with van der Waals surface area (Å²) in [6, 6.07) is 8.09. The number of rotatable bonds is 8. The van der Waals surface area contributed by atoms with E-state index in [0.29, 0.717) is 6.54 Å². The molecule has 0 saturated carbocycles. The highest BCUT2D eigenvalue weighted by Gasteiger charge is 2.18. The number of aliphatic hydroxyl groups excluding tert-OH is 1. The Bertz CT molecular complexity index is 456. The van der Waals surface area contributed by atoms with E-state index in [1.165, 1.54) is 12.8 Å². The molecule has 1 aromatic carbocycles. The van der Waals surface area contributed by atoms with Crippen molar-refractivity contribution < 1.29 is 9.84 Å². The summed E-state index contributed by atoms with van der Waals surface area (Å²) in [5.41, 5.74) is 1.14. The molecule has 1 atom stereocenters. The lowest BCUT2D eigenvalue weighted by atomic mass is 9.99. The zero-order chi connectivity index (χ0) is 16.7. The molecule has 1 aliphatic rings. The molecule has 1 aromatic rings. The van der Waals surface area contributed by atoms with Crippen molar-refractivity contribution in [3.05, 3.63) is 29.8 Å². The fourth-order valence-corrected chi connectivity index (χ4v) is 3.00. The number of nitrogens with one attached hydrogen (secondary N) is 1. The van der Waals surface area contributed by atoms with Crippen LogP contribution in [0.3, 0.4) is 0 Å². The van der Waals surface area contributed by atoms with Crippen LogP contribution >= 0.6 is 0 Å². The van der Waals surface area contributed by atoms with Crippen molar-refractivity contribution in [2.24, 2.45) is 5.92 Å². The van der Waals surface area contributed by atoms with Crippen LogP contribution in [0.15, 0.2) is 24.3 Å². The minimum atomic E-state index is -0.318. The first-order valence-corrected chi connectivity index (χ1v) is 8.90. The quantitative estimate of drug-likeness (QED) is 0.773. The maximum atomic E-state index is 10.2. The first kappa shape index (κ1) is 18.2. The summed E-state index contributed by atoms with van der Waals surface area (Å²) >= 11 is 0. The number of para-hydroxylation sites is 1. The highest BCUT2D eigenvalue weighted by Crippen LogP contribution is 2.19. The summed E-state index contributed by atoms with van der Waals surface area (Å²) in [7, 11) is 0. The molecule has 2 N–H and O–H groups in total. The summed E-state index contributed by atoms with van der Waals surface area (Å²) in [4.78, 5) is 2.38. The predicted molar refractivity (Wildman–Crippen MR) is 94.8 cm³/mol. The van der Waals surface area contributed by atoms with Crippen molar-refractivity contribution in [2.45, 2.75) is 52.4 Å². The number of piperidine rings is 1. The highest BCUT2D eigenvalue weighted by atomic mass is 16.5. The van der Waals surface area contributed by atoms with Crippen LogP contribution in [-0.4, -0.2) is 48.4 Å². The minimum Gasteiger partial charge on any atom is -0.491 e. The zero-order valence-electron chi connectivity index (χ0n) is 14.8. The van der Waals surface area contributed by atoms with Gasteiger partial charge in [0.05, 0.1) is 12.2 Å². The Morgan fingerprint density at radius 1 is 1.26 bits per heavy atom. The molecule has 0 bridgehead atoms. The standard InChI is InChI=1S/C19H32N2O2/c1-15(2)23-19-7-5-4-6-17(19)12-20-13-18(22)14-21-10-8-16(3)9-11-21/h4-7,15-16,18,20,22H,8-14H2,1-3H3. The van der Waals surface area contributed by atoms with Crippen molar-refractivity contribution in [3.8, 4) is 5.75 Å². The Hall–Kier alpha value is -1.10. The molecular formula is C19H32N2O2. The molecule has 23 heavy (non-hydrogen) atoms. The summed E-state index contributed by atoms with van der Waals surface area (Å²) in [5, 5.41) is 13.6. The van der Waals surface area contributed by atoms with Gasteiger partial charge in [-0.15, -0.1) is 0 Å². The van der Waals surface area contributed by atoms with Gasteiger partial charge in [-0.05, 0) is 51.8 Å². The van der Waals surface area contributed by atoms with Gasteiger partial charge in [-0.1, -0.05) is 25.1 Å². The number of hydrogen-bond acceptors (Lipinski definition) is 4. The van der Waals surface area contributed by atoms with E-state index in [1.807, 2.05) is 32.0 Å². The summed E-state index contributed by atoms with van der Waals surface area (Å²) in [6.07, 6.45) is 2.35. The molecule has 1 unspecified atom stereocenters. The molecule has 1 saturated heterocycles. The first-order chi connectivity index (χ1) is 11.0. The number of likely N-dealkylation sites (tertiary alicyclic amines) is 1. The van der Waals surface area contributed by atoms with Gasteiger partial charge >= 0.3 is 0 Å². The van der Waals surface area contributed by atoms with Crippen molar-refractivity contribution in [1.29, 1.82) is 0 Å². The lowest BCUT2D eigenvalue weighted by Gasteiger charge is -2.31. The van der Waals surface area contributed by atoms with E-state index in [-0.39, 0.29) is 12.2 Å². The zero-order valence-corrected chi connectivity index (χ0v) is 14.8. The van der Waals surface area contributed by atoms with Crippen LogP contribution in [0, 0.1) is 5.92 Å². The van der Waals surface area contributed by atoms with Crippen molar-refractivity contribution in [1.82, 2.24) is 10.2 Å². The summed E-state index contributed by atoms with van der Waals surface area (Å²) < 4.78 is 5.82. The third kappa shape index (κ3) is 6.50. The molecule has 4 nitrogen and oxygen atoms in total. The van der Waals surface area contributed by atoms with E-state index < -0.39 is 0 Å². The largest absolute Gasteiger partial charge is 0.491 e. The Morgan fingerprint density at radius 3 is 2.65 bits per heavy atom. The second-order valence-corrected chi connectivity index (χ2v) is 7.04. The van der Waals surface area contributed by atoms with Gasteiger partial charge in [0, 0.05) is 25.2 Å². The fraction of sp³-hybridized carbons (Fsp3) is 0.684. The van der Waals surface area contributed by atoms with Crippen LogP contribution in [0.2, 0.25) is 0 Å². The first-order valence-electron chi connectivity index (χ1n) is 8.90. The van der Waals surface area contributed by atoms with Crippen LogP contribution < -0.4 is 10.1 Å². The fourth-order valence-electron chi connectivity index (χ4n) is 3.00. The molecule has 2 rings (SSSR count). The van der Waals surface area contributed by atoms with E-state index in [4.69, 9.17) is 4.74 Å². The molecule has 130 valence electrons. The average Bonchev–Trinajstić information content (AvgIpc) is 2.51. The van der Waals surface area contributed by atoms with E-state index in [1.54, 1.807) is 0 Å². The molecule has 0 aromatic heterocycles. The molecule has 1 aliphatic heterocycles. The van der Waals surface area contributed by atoms with E-state index in [2.05, 4.69) is 23.2 Å². The second kappa shape index (κ2) is 9.26. The topological polar surface area (TPSA) is 44.7 Å². The number of aliphatic hydroxyl groups is 1. The second-order valence-electron chi connectivity index (χ2n) is 7.04. The number of nitrogens with zero attached hydrogens (tertiary/aromatic N) is 1. The van der Waals surface area contributed by atoms with Crippen LogP contribution in [-0.2, 0) is 6.54 Å². The van der Waals surface area contributed by atoms with Gasteiger partial charge < -0.3 is 20.1 Å². The Balaban J connectivity index is 1.72. The Morgan fingerprint density at radius 2 is 1.96 bits per heavy atom. The van der Waals surface area contributed by atoms with Gasteiger partial charge in [0.1, 0.15) is 5.75 Å². The Labute approximate surface area is 140 Å². The summed E-state index contributed by atoms with van der Waals surface area (Å²) in [6.45, 7) is 10.7. The van der Waals surface area contributed by atoms with Crippen molar-refractivity contribution in [2.75, 3.05) is 26.2 Å². The third-order valence-corrected chi connectivity index (χ3v) is 4.38. The monoisotopic (exact) mass is 320 g/mol. The van der Waals surface area contributed by atoms with E-state index in [9.17, 15) is 5.11 Å². The molecular weight excluding hydrogens is 288 g/mol. The molecule has 4 heteroatoms. The maximum absolute atomic E-state index is 10.2. The smallest absolute Gasteiger partial charge is 0.124 e. The SMILES string of the molecule is CC1CCN(CC(O)CNCc2ccccc2OC(C)C)CC1. The molecule has 1 fully saturated rings. The number of β-amino-alcohol motifs (C(OH)–C–C–N with tert-alkyl or cyclic N) is 1. The minimum absolute atomic E-state index is 0.170. The maximum Gasteiger partial charge on any atom is 0.124 e. The lowest BCUT2D eigenvalue weighted by molar-refractivity contribution is 0.0906. The Kier molecular flexibility index (Phi) is 7.34. The molecule has 0 radical (unpaired) electrons. The van der Waals surface area contributed by atoms with E-state index in [0.717, 1.165) is 43.4 Å². The number of benzene rings is 1. The third-order valence-electron chi connectivity index (χ3n) is 4.38. The molecule has 0 aliphatic carbocycles. The van der Waals surface area contributed by atoms with Gasteiger partial charge in [0.15, 0.2) is 0 Å². The average molecular weight is 320 g/mol. The molecule has 0 amide bonds. The predicted octanol–water partition coefficient (Wildman–Crippen LogP) is 2.66. The van der Waals surface area contributed by atoms with Crippen LogP contribution in [0.1, 0.15) is 39.2 Å². The van der Waals surface area contributed by atoms with Crippen molar-refractivity contribution in [3.63, 3.8) is 0 Å². The van der Waals surface area contributed by atoms with Crippen LogP contribution in [0.25, 0.3) is 0 Å². The molecule has 1 heterocycles. The number of ether oxygens (including phenoxy) is 1. The van der Waals surface area contributed by atoms with Gasteiger partial charge in [-0.25, -0.2) is 0 Å². The molecule has 0 spiro atoms. The van der Waals surface area contributed by atoms with Crippen LogP contribution in [0.4, 0.5) is 0 Å². The van der Waals surface area contributed by atoms with Gasteiger partial charge in [-0.3, -0.25) is 0 Å².